The predicted molar refractivity (Wildman–Crippen MR) is 152 cm³/mol. The molecule has 0 radical (unpaired) electrons. The zero-order valence-corrected chi connectivity index (χ0v) is 22.7. The fourth-order valence-corrected chi connectivity index (χ4v) is 5.80. The number of allylic oxidation sites excluding steroid dienone is 2. The molecule has 0 saturated heterocycles. The molecule has 0 spiro atoms. The van der Waals surface area contributed by atoms with Crippen LogP contribution in [-0.2, 0) is 11.0 Å². The average molecular weight is 515 g/mol. The number of hydrogen-bond acceptors (Lipinski definition) is 3. The van der Waals surface area contributed by atoms with Gasteiger partial charge in [0.2, 0.25) is 5.66 Å². The van der Waals surface area contributed by atoms with Gasteiger partial charge in [-0.1, -0.05) is 108 Å². The monoisotopic (exact) mass is 514 g/mol. The lowest BCUT2D eigenvalue weighted by Gasteiger charge is -2.30. The summed E-state index contributed by atoms with van der Waals surface area (Å²) in [5.41, 5.74) is -1.39. The van der Waals surface area contributed by atoms with E-state index in [0.717, 1.165) is 0 Å². The summed E-state index contributed by atoms with van der Waals surface area (Å²) in [6.07, 6.45) is 25.0. The third-order valence-electron chi connectivity index (χ3n) is 6.34. The number of hydrogen-bond donors (Lipinski definition) is 3. The highest BCUT2D eigenvalue weighted by atomic mass is 31.1. The van der Waals surface area contributed by atoms with E-state index < -0.39 is 17.4 Å². The zero-order valence-electron chi connectivity index (χ0n) is 21.8. The van der Waals surface area contributed by atoms with E-state index in [2.05, 4.69) is 41.3 Å². The first-order valence-corrected chi connectivity index (χ1v) is 15.2. The number of dihydropyridines is 1. The first-order chi connectivity index (χ1) is 17.6. The van der Waals surface area contributed by atoms with Crippen LogP contribution >= 0.6 is 7.53 Å². The molecule has 1 aromatic heterocycles. The second-order valence-electron chi connectivity index (χ2n) is 9.39. The van der Waals surface area contributed by atoms with Gasteiger partial charge in [0.1, 0.15) is 5.82 Å². The van der Waals surface area contributed by atoms with Crippen molar-refractivity contribution in [2.24, 2.45) is 0 Å². The van der Waals surface area contributed by atoms with Crippen molar-refractivity contribution >= 4 is 19.2 Å². The van der Waals surface area contributed by atoms with Gasteiger partial charge >= 0.3 is 5.97 Å². The highest BCUT2D eigenvalue weighted by molar-refractivity contribution is 7.47. The van der Waals surface area contributed by atoms with Crippen molar-refractivity contribution in [1.82, 2.24) is 5.32 Å². The summed E-state index contributed by atoms with van der Waals surface area (Å²) >= 11 is 0. The number of aryl methyl sites for hydroxylation is 1. The van der Waals surface area contributed by atoms with E-state index >= 15 is 0 Å². The summed E-state index contributed by atoms with van der Waals surface area (Å²) in [7, 11) is 0.156. The van der Waals surface area contributed by atoms with Crippen LogP contribution in [0.2, 0.25) is 0 Å². The first-order valence-electron chi connectivity index (χ1n) is 13.6. The summed E-state index contributed by atoms with van der Waals surface area (Å²) in [6, 6.07) is 10.3. The second-order valence-corrected chi connectivity index (χ2v) is 11.5. The van der Waals surface area contributed by atoms with Gasteiger partial charge in [-0.3, -0.25) is 0 Å². The molecule has 1 unspecified atom stereocenters. The molecule has 0 fully saturated rings. The second kappa shape index (κ2) is 17.8. The van der Waals surface area contributed by atoms with E-state index in [1.54, 1.807) is 18.2 Å². The summed E-state index contributed by atoms with van der Waals surface area (Å²) in [6.45, 7) is 2.29. The van der Waals surface area contributed by atoms with Crippen molar-refractivity contribution < 1.29 is 14.3 Å². The number of carbonyl (C=O) groups is 1. The van der Waals surface area contributed by atoms with Crippen molar-refractivity contribution in [2.45, 2.75) is 95.8 Å². The van der Waals surface area contributed by atoms with Crippen LogP contribution in [0, 0.1) is 5.82 Å². The number of anilines is 1. The third kappa shape index (κ3) is 11.5. The summed E-state index contributed by atoms with van der Waals surface area (Å²) < 4.78 is 13.5. The van der Waals surface area contributed by atoms with E-state index in [-0.39, 0.29) is 13.2 Å². The van der Waals surface area contributed by atoms with E-state index in [9.17, 15) is 14.3 Å². The zero-order chi connectivity index (χ0) is 25.9. The van der Waals surface area contributed by atoms with Gasteiger partial charge in [-0.25, -0.2) is 9.18 Å². The molecule has 3 rings (SSSR count). The Morgan fingerprint density at radius 1 is 0.889 bits per heavy atom. The van der Waals surface area contributed by atoms with Crippen molar-refractivity contribution in [3.8, 4) is 0 Å². The Morgan fingerprint density at radius 3 is 2.00 bits per heavy atom. The largest absolute Gasteiger partial charge is 0.478 e. The first kappa shape index (κ1) is 29.7. The average Bonchev–Trinajstić information content (AvgIpc) is 3.41. The number of rotatable bonds is 16. The van der Waals surface area contributed by atoms with Crippen LogP contribution in [0.4, 0.5) is 10.1 Å². The predicted octanol–water partition coefficient (Wildman–Crippen LogP) is 9.07. The Balaban J connectivity index is 0.000000255. The molecular formula is C30H44FN2O2P. The maximum Gasteiger partial charge on any atom is 0.354 e. The summed E-state index contributed by atoms with van der Waals surface area (Å²) in [5, 5.41) is 14.5. The topological polar surface area (TPSA) is 61.4 Å². The van der Waals surface area contributed by atoms with Crippen LogP contribution in [0.1, 0.15) is 84.0 Å². The Kier molecular flexibility index (Phi) is 14.7. The minimum absolute atomic E-state index is 0.127. The number of carboxylic acids is 1. The number of carboxylic acid groups (broad SMARTS) is 1. The molecule has 6 heteroatoms. The molecule has 4 nitrogen and oxygen atoms in total. The fourth-order valence-electron chi connectivity index (χ4n) is 4.18. The quantitative estimate of drug-likeness (QED) is 0.196. The Hall–Kier alpha value is -2.52. The van der Waals surface area contributed by atoms with E-state index in [0.29, 0.717) is 0 Å². The van der Waals surface area contributed by atoms with Gasteiger partial charge in [0.05, 0.1) is 5.69 Å². The molecule has 3 N–H and O–H groups in total. The van der Waals surface area contributed by atoms with Crippen molar-refractivity contribution in [3.05, 3.63) is 78.2 Å². The molecule has 0 bridgehead atoms. The van der Waals surface area contributed by atoms with E-state index in [4.69, 9.17) is 0 Å². The van der Waals surface area contributed by atoms with Crippen LogP contribution in [0.25, 0.3) is 0 Å². The number of halogens is 1. The van der Waals surface area contributed by atoms with Crippen molar-refractivity contribution in [1.29, 1.82) is 0 Å². The molecule has 1 atom stereocenters. The SMILES string of the molecule is CCCCCCCCCCCCCCp1cccc1.O=C(O)C1(Nc2ccccc2F)C=CC=CN1. The standard InChI is InChI=1S/C18H33P.C12H11FN2O2/c1-2-3-4-5-6-7-8-9-10-11-12-13-16-19-17-14-15-18-19;13-9-5-1-2-6-10(9)15-12(11(16)17)7-3-4-8-14-12/h14-15,17-18H,2-13,16H2,1H3;1-8,14-15H,(H,16,17). The molecule has 198 valence electrons. The van der Waals surface area contributed by atoms with Crippen LogP contribution in [0.15, 0.2) is 72.4 Å². The molecule has 2 heterocycles. The molecule has 0 aliphatic carbocycles. The van der Waals surface area contributed by atoms with Gasteiger partial charge in [-0.15, -0.1) is 7.53 Å². The van der Waals surface area contributed by atoms with Gasteiger partial charge in [0, 0.05) is 0 Å². The normalized spacial score (nSPS) is 16.2. The Bertz CT molecular complexity index is 913. The molecule has 0 amide bonds. The van der Waals surface area contributed by atoms with Gasteiger partial charge in [-0.2, -0.15) is 0 Å². The maximum absolute atomic E-state index is 13.5. The molecule has 2 aromatic rings. The molecule has 1 aliphatic rings. The lowest BCUT2D eigenvalue weighted by Crippen LogP contribution is -2.55. The lowest BCUT2D eigenvalue weighted by molar-refractivity contribution is -0.141. The van der Waals surface area contributed by atoms with Crippen molar-refractivity contribution in [3.63, 3.8) is 0 Å². The van der Waals surface area contributed by atoms with Crippen LogP contribution in [0.5, 0.6) is 0 Å². The van der Waals surface area contributed by atoms with Gasteiger partial charge < -0.3 is 15.7 Å². The van der Waals surface area contributed by atoms with Crippen LogP contribution in [0.3, 0.4) is 0 Å². The number of aliphatic carboxylic acids is 1. The van der Waals surface area contributed by atoms with Crippen LogP contribution in [-0.4, -0.2) is 16.7 Å². The number of nitrogens with one attached hydrogen (secondary N) is 2. The van der Waals surface area contributed by atoms with E-state index in [1.807, 2.05) is 0 Å². The molecule has 0 saturated carbocycles. The number of para-hydroxylation sites is 1. The van der Waals surface area contributed by atoms with Crippen molar-refractivity contribution in [2.75, 3.05) is 5.32 Å². The Morgan fingerprint density at radius 2 is 1.47 bits per heavy atom. The fraction of sp³-hybridized carbons (Fsp3) is 0.500. The lowest BCUT2D eigenvalue weighted by atomic mass is 10.1. The highest BCUT2D eigenvalue weighted by Crippen LogP contribution is 2.30. The molecule has 1 aliphatic heterocycles. The Labute approximate surface area is 218 Å². The smallest absolute Gasteiger partial charge is 0.354 e. The molecular weight excluding hydrogens is 470 g/mol. The van der Waals surface area contributed by atoms with Gasteiger partial charge in [-0.05, 0) is 54.7 Å². The van der Waals surface area contributed by atoms with Crippen LogP contribution < -0.4 is 10.6 Å². The maximum atomic E-state index is 13.5. The summed E-state index contributed by atoms with van der Waals surface area (Å²) in [5.74, 6) is 3.15. The summed E-state index contributed by atoms with van der Waals surface area (Å²) in [4.78, 5) is 11.3. The van der Waals surface area contributed by atoms with Gasteiger partial charge in [0.25, 0.3) is 0 Å². The van der Waals surface area contributed by atoms with Gasteiger partial charge in [0.15, 0.2) is 0 Å². The molecule has 36 heavy (non-hydrogen) atoms. The minimum atomic E-state index is -1.52. The number of benzene rings is 1. The van der Waals surface area contributed by atoms with E-state index in [1.165, 1.54) is 114 Å². The third-order valence-corrected chi connectivity index (χ3v) is 8.29. The highest BCUT2D eigenvalue weighted by Gasteiger charge is 2.36. The number of unbranched alkanes of at least 4 members (excludes halogenated alkanes) is 11. The minimum Gasteiger partial charge on any atom is -0.478 e. The molecule has 1 aromatic carbocycles.